The van der Waals surface area contributed by atoms with Gasteiger partial charge >= 0.3 is 12.1 Å². The highest BCUT2D eigenvalue weighted by atomic mass is 35.6. The van der Waals surface area contributed by atoms with E-state index in [9.17, 15) is 14.7 Å². The highest BCUT2D eigenvalue weighted by Gasteiger charge is 2.28. The average Bonchev–Trinajstić information content (AvgIpc) is 2.54. The Balaban J connectivity index is 2.99. The smallest absolute Gasteiger partial charge is 0.408 e. The molecular formula is C17H22Cl3NO5. The Hall–Kier alpha value is -1.37. The largest absolute Gasteiger partial charge is 0.507 e. The van der Waals surface area contributed by atoms with Gasteiger partial charge in [0.1, 0.15) is 12.4 Å². The maximum atomic E-state index is 12.4. The van der Waals surface area contributed by atoms with E-state index in [1.54, 1.807) is 26.0 Å². The number of rotatable bonds is 7. The van der Waals surface area contributed by atoms with Crippen LogP contribution in [0.2, 0.25) is 0 Å². The van der Waals surface area contributed by atoms with Gasteiger partial charge in [-0.3, -0.25) is 0 Å². The second-order valence-electron chi connectivity index (χ2n) is 5.79. The van der Waals surface area contributed by atoms with E-state index < -0.39 is 28.5 Å². The molecule has 0 aliphatic rings. The number of aryl methyl sites for hydroxylation is 2. The van der Waals surface area contributed by atoms with Gasteiger partial charge in [0.05, 0.1) is 6.61 Å². The Labute approximate surface area is 167 Å². The van der Waals surface area contributed by atoms with Gasteiger partial charge in [0.25, 0.3) is 0 Å². The number of nitrogens with one attached hydrogen (secondary N) is 1. The summed E-state index contributed by atoms with van der Waals surface area (Å²) in [7, 11) is 0. The number of carbonyl (C=O) groups is 2. The zero-order valence-electron chi connectivity index (χ0n) is 14.8. The minimum absolute atomic E-state index is 0.116. The fourth-order valence-corrected chi connectivity index (χ4v) is 2.31. The Morgan fingerprint density at radius 1 is 1.19 bits per heavy atom. The third kappa shape index (κ3) is 7.48. The summed E-state index contributed by atoms with van der Waals surface area (Å²) in [5.74, 6) is -0.528. The Morgan fingerprint density at radius 2 is 1.77 bits per heavy atom. The first-order valence-electron chi connectivity index (χ1n) is 8.02. The molecule has 1 aromatic rings. The van der Waals surface area contributed by atoms with Crippen molar-refractivity contribution in [2.75, 3.05) is 13.2 Å². The lowest BCUT2D eigenvalue weighted by atomic mass is 10.0. The molecule has 0 aliphatic heterocycles. The van der Waals surface area contributed by atoms with Gasteiger partial charge in [-0.25, -0.2) is 9.59 Å². The predicted molar refractivity (Wildman–Crippen MR) is 101 cm³/mol. The Bertz CT molecular complexity index is 623. The highest BCUT2D eigenvalue weighted by Crippen LogP contribution is 2.28. The monoisotopic (exact) mass is 425 g/mol. The van der Waals surface area contributed by atoms with Crippen LogP contribution in [-0.4, -0.2) is 34.2 Å². The molecule has 146 valence electrons. The van der Waals surface area contributed by atoms with E-state index in [-0.39, 0.29) is 12.4 Å². The van der Waals surface area contributed by atoms with E-state index in [4.69, 9.17) is 44.3 Å². The summed E-state index contributed by atoms with van der Waals surface area (Å²) in [6.07, 6.45) is 0.620. The van der Waals surface area contributed by atoms with Crippen molar-refractivity contribution in [1.82, 2.24) is 5.32 Å². The molecule has 1 amide bonds. The summed E-state index contributed by atoms with van der Waals surface area (Å²) in [6.45, 7) is 5.09. The predicted octanol–water partition coefficient (Wildman–Crippen LogP) is 4.49. The average molecular weight is 427 g/mol. The molecule has 1 atom stereocenters. The quantitative estimate of drug-likeness (QED) is 0.381. The van der Waals surface area contributed by atoms with Gasteiger partial charge in [0, 0.05) is 0 Å². The number of alkyl halides is 3. The van der Waals surface area contributed by atoms with Crippen molar-refractivity contribution >= 4 is 46.9 Å². The summed E-state index contributed by atoms with van der Waals surface area (Å²) in [5, 5.41) is 12.3. The van der Waals surface area contributed by atoms with Crippen molar-refractivity contribution in [3.8, 4) is 5.75 Å². The van der Waals surface area contributed by atoms with E-state index >= 15 is 0 Å². The van der Waals surface area contributed by atoms with Crippen LogP contribution in [0, 0.1) is 13.8 Å². The van der Waals surface area contributed by atoms with Crippen molar-refractivity contribution in [2.24, 2.45) is 0 Å². The van der Waals surface area contributed by atoms with Crippen LogP contribution in [0.3, 0.4) is 0 Å². The first kappa shape index (κ1) is 22.7. The summed E-state index contributed by atoms with van der Waals surface area (Å²) in [6, 6.07) is 2.06. The SMILES string of the molecule is CCCCOC(=O)C(NC(=O)OCC(Cl)(Cl)Cl)c1cc(C)c(O)c(C)c1. The Kier molecular flexibility index (Phi) is 8.80. The van der Waals surface area contributed by atoms with Crippen molar-refractivity contribution in [1.29, 1.82) is 0 Å². The van der Waals surface area contributed by atoms with Gasteiger partial charge in [0.15, 0.2) is 6.04 Å². The number of halogens is 3. The number of hydrogen-bond acceptors (Lipinski definition) is 5. The number of esters is 1. The van der Waals surface area contributed by atoms with Crippen LogP contribution < -0.4 is 5.32 Å². The molecule has 0 spiro atoms. The van der Waals surface area contributed by atoms with Gasteiger partial charge < -0.3 is 19.9 Å². The second kappa shape index (κ2) is 10.1. The lowest BCUT2D eigenvalue weighted by Crippen LogP contribution is -2.36. The minimum atomic E-state index is -1.76. The molecule has 1 aromatic carbocycles. The minimum Gasteiger partial charge on any atom is -0.507 e. The maximum absolute atomic E-state index is 12.4. The fraction of sp³-hybridized carbons (Fsp3) is 0.529. The molecule has 26 heavy (non-hydrogen) atoms. The summed E-state index contributed by atoms with van der Waals surface area (Å²) in [5.41, 5.74) is 1.57. The number of alkyl carbamates (subject to hydrolysis) is 1. The molecule has 2 N–H and O–H groups in total. The van der Waals surface area contributed by atoms with Gasteiger partial charge in [-0.05, 0) is 49.1 Å². The standard InChI is InChI=1S/C17H22Cl3NO5/c1-4-5-6-25-15(23)13(21-16(24)26-9-17(18,19)20)12-7-10(2)14(22)11(3)8-12/h7-8,13,22H,4-6,9H2,1-3H3,(H,21,24). The highest BCUT2D eigenvalue weighted by molar-refractivity contribution is 6.67. The van der Waals surface area contributed by atoms with E-state index in [1.807, 2.05) is 6.92 Å². The third-order valence-electron chi connectivity index (χ3n) is 3.45. The Morgan fingerprint density at radius 3 is 2.27 bits per heavy atom. The first-order valence-corrected chi connectivity index (χ1v) is 9.15. The van der Waals surface area contributed by atoms with Crippen molar-refractivity contribution in [3.05, 3.63) is 28.8 Å². The van der Waals surface area contributed by atoms with Crippen molar-refractivity contribution < 1.29 is 24.2 Å². The van der Waals surface area contributed by atoms with Crippen molar-refractivity contribution in [2.45, 2.75) is 43.4 Å². The van der Waals surface area contributed by atoms with Crippen LogP contribution in [0.1, 0.15) is 42.5 Å². The van der Waals surface area contributed by atoms with E-state index in [0.717, 1.165) is 6.42 Å². The first-order chi connectivity index (χ1) is 12.0. The maximum Gasteiger partial charge on any atom is 0.408 e. The van der Waals surface area contributed by atoms with Gasteiger partial charge in [0.2, 0.25) is 3.79 Å². The van der Waals surface area contributed by atoms with E-state index in [2.05, 4.69) is 5.32 Å². The number of carbonyl (C=O) groups excluding carboxylic acids is 2. The summed E-state index contributed by atoms with van der Waals surface area (Å²) >= 11 is 16.6. The molecule has 0 saturated carbocycles. The fourth-order valence-electron chi connectivity index (χ4n) is 2.14. The molecule has 1 unspecified atom stereocenters. The van der Waals surface area contributed by atoms with Crippen LogP contribution in [0.4, 0.5) is 4.79 Å². The van der Waals surface area contributed by atoms with Gasteiger partial charge in [-0.2, -0.15) is 0 Å². The van der Waals surface area contributed by atoms with Crippen LogP contribution in [0.5, 0.6) is 5.75 Å². The number of ether oxygens (including phenoxy) is 2. The number of unbranched alkanes of at least 4 members (excludes halogenated alkanes) is 1. The topological polar surface area (TPSA) is 84.9 Å². The summed E-state index contributed by atoms with van der Waals surface area (Å²) < 4.78 is 8.26. The van der Waals surface area contributed by atoms with Crippen LogP contribution in [0.25, 0.3) is 0 Å². The van der Waals surface area contributed by atoms with Crippen LogP contribution in [0.15, 0.2) is 12.1 Å². The molecule has 0 bridgehead atoms. The van der Waals surface area contributed by atoms with Gasteiger partial charge in [-0.15, -0.1) is 0 Å². The van der Waals surface area contributed by atoms with Crippen LogP contribution >= 0.6 is 34.8 Å². The number of benzene rings is 1. The second-order valence-corrected chi connectivity index (χ2v) is 8.31. The number of phenolic OH excluding ortho intramolecular Hbond substituents is 1. The van der Waals surface area contributed by atoms with Crippen LogP contribution in [-0.2, 0) is 14.3 Å². The number of hydrogen-bond donors (Lipinski definition) is 2. The molecule has 0 radical (unpaired) electrons. The van der Waals surface area contributed by atoms with Crippen molar-refractivity contribution in [3.63, 3.8) is 0 Å². The molecule has 0 saturated heterocycles. The van der Waals surface area contributed by atoms with E-state index in [0.29, 0.717) is 23.1 Å². The van der Waals surface area contributed by atoms with E-state index in [1.165, 1.54) is 0 Å². The number of phenols is 1. The zero-order valence-corrected chi connectivity index (χ0v) is 17.0. The normalized spacial score (nSPS) is 12.4. The lowest BCUT2D eigenvalue weighted by molar-refractivity contribution is -0.146. The lowest BCUT2D eigenvalue weighted by Gasteiger charge is -2.20. The molecule has 9 heteroatoms. The molecular weight excluding hydrogens is 405 g/mol. The zero-order chi connectivity index (χ0) is 19.9. The molecule has 0 fully saturated rings. The molecule has 6 nitrogen and oxygen atoms in total. The molecule has 0 heterocycles. The third-order valence-corrected chi connectivity index (χ3v) is 3.78. The number of aromatic hydroxyl groups is 1. The molecule has 0 aromatic heterocycles. The summed E-state index contributed by atoms with van der Waals surface area (Å²) in [4.78, 5) is 24.4. The molecule has 1 rings (SSSR count). The number of amides is 1. The molecule has 0 aliphatic carbocycles. The van der Waals surface area contributed by atoms with Gasteiger partial charge in [-0.1, -0.05) is 48.1 Å².